The Kier molecular flexibility index (Phi) is 4.11. The monoisotopic (exact) mass is 299 g/mol. The van der Waals surface area contributed by atoms with Crippen LogP contribution in [0.15, 0.2) is 30.3 Å². The number of carboxylic acid groups (broad SMARTS) is 1. The van der Waals surface area contributed by atoms with E-state index in [1.807, 2.05) is 0 Å². The van der Waals surface area contributed by atoms with E-state index in [1.54, 1.807) is 0 Å². The van der Waals surface area contributed by atoms with Gasteiger partial charge in [-0.2, -0.15) is 0 Å². The van der Waals surface area contributed by atoms with Gasteiger partial charge in [-0.25, -0.2) is 22.4 Å². The molecule has 0 aliphatic carbocycles. The second-order valence-corrected chi connectivity index (χ2v) is 4.19. The third-order valence-corrected chi connectivity index (χ3v) is 2.80. The van der Waals surface area contributed by atoms with E-state index in [4.69, 9.17) is 5.11 Å². The molecule has 2 aromatic carbocycles. The number of anilines is 1. The number of carboxylic acids is 1. The lowest BCUT2D eigenvalue weighted by Crippen LogP contribution is -2.07. The van der Waals surface area contributed by atoms with Crippen molar-refractivity contribution in [1.82, 2.24) is 0 Å². The van der Waals surface area contributed by atoms with Gasteiger partial charge in [0, 0.05) is 12.1 Å². The second-order valence-electron chi connectivity index (χ2n) is 4.19. The largest absolute Gasteiger partial charge is 0.478 e. The molecule has 0 unspecified atom stereocenters. The van der Waals surface area contributed by atoms with Gasteiger partial charge in [0.2, 0.25) is 0 Å². The first kappa shape index (κ1) is 14.8. The number of carbonyl (C=O) groups is 1. The van der Waals surface area contributed by atoms with Gasteiger partial charge in [0.15, 0.2) is 17.5 Å². The number of benzene rings is 2. The lowest BCUT2D eigenvalue weighted by atomic mass is 10.1. The average molecular weight is 299 g/mol. The summed E-state index contributed by atoms with van der Waals surface area (Å²) >= 11 is 0. The number of aromatic carboxylic acids is 1. The minimum absolute atomic E-state index is 0.0426. The second kappa shape index (κ2) is 5.82. The molecule has 0 saturated carbocycles. The highest BCUT2D eigenvalue weighted by atomic mass is 19.2. The highest BCUT2D eigenvalue weighted by Crippen LogP contribution is 2.21. The van der Waals surface area contributed by atoms with E-state index in [2.05, 4.69) is 5.32 Å². The lowest BCUT2D eigenvalue weighted by Gasteiger charge is -2.10. The lowest BCUT2D eigenvalue weighted by molar-refractivity contribution is 0.0696. The van der Waals surface area contributed by atoms with E-state index in [-0.39, 0.29) is 23.4 Å². The minimum Gasteiger partial charge on any atom is -0.478 e. The Morgan fingerprint density at radius 3 is 2.33 bits per heavy atom. The molecule has 0 saturated heterocycles. The molecule has 0 aliphatic heterocycles. The van der Waals surface area contributed by atoms with Crippen molar-refractivity contribution in [3.05, 3.63) is 64.7 Å². The highest BCUT2D eigenvalue weighted by molar-refractivity contribution is 5.87. The molecule has 3 nitrogen and oxygen atoms in total. The quantitative estimate of drug-likeness (QED) is 0.670. The van der Waals surface area contributed by atoms with Crippen LogP contribution < -0.4 is 5.32 Å². The normalized spacial score (nSPS) is 10.5. The van der Waals surface area contributed by atoms with Crippen molar-refractivity contribution in [1.29, 1.82) is 0 Å². The van der Waals surface area contributed by atoms with Crippen LogP contribution in [-0.4, -0.2) is 11.1 Å². The first-order valence-corrected chi connectivity index (χ1v) is 5.79. The van der Waals surface area contributed by atoms with Crippen molar-refractivity contribution < 1.29 is 27.5 Å². The van der Waals surface area contributed by atoms with E-state index >= 15 is 0 Å². The zero-order chi connectivity index (χ0) is 15.6. The third kappa shape index (κ3) is 3.13. The molecule has 2 rings (SSSR count). The standard InChI is InChI=1S/C14H9F4NO2/c15-9-2-1-7(14(20)21)5-8(9)6-19-11-4-3-10(16)12(17)13(11)18/h1-5,19H,6H2,(H,20,21). The average Bonchev–Trinajstić information content (AvgIpc) is 2.45. The van der Waals surface area contributed by atoms with Crippen LogP contribution in [0, 0.1) is 23.3 Å². The molecular formula is C14H9F4NO2. The Balaban J connectivity index is 2.22. The van der Waals surface area contributed by atoms with Crippen molar-refractivity contribution in [2.24, 2.45) is 0 Å². The number of rotatable bonds is 4. The first-order chi connectivity index (χ1) is 9.90. The Labute approximate surface area is 116 Å². The summed E-state index contributed by atoms with van der Waals surface area (Å²) in [6.07, 6.45) is 0. The number of hydrogen-bond donors (Lipinski definition) is 2. The summed E-state index contributed by atoms with van der Waals surface area (Å²) in [5.41, 5.74) is -0.535. The summed E-state index contributed by atoms with van der Waals surface area (Å²) in [7, 11) is 0. The molecule has 0 amide bonds. The van der Waals surface area contributed by atoms with Crippen molar-refractivity contribution in [2.45, 2.75) is 6.54 Å². The Morgan fingerprint density at radius 1 is 1.00 bits per heavy atom. The summed E-state index contributed by atoms with van der Waals surface area (Å²) in [5.74, 6) is -6.34. The topological polar surface area (TPSA) is 49.3 Å². The molecule has 2 N–H and O–H groups in total. The minimum atomic E-state index is -1.64. The summed E-state index contributed by atoms with van der Waals surface area (Å²) in [6.45, 7) is -0.283. The molecule has 0 atom stereocenters. The van der Waals surface area contributed by atoms with Crippen LogP contribution in [0.3, 0.4) is 0 Å². The molecule has 0 bridgehead atoms. The predicted molar refractivity (Wildman–Crippen MR) is 67.0 cm³/mol. The molecule has 7 heteroatoms. The maximum atomic E-state index is 13.5. The molecule has 0 fully saturated rings. The van der Waals surface area contributed by atoms with Crippen LogP contribution in [0.4, 0.5) is 23.2 Å². The van der Waals surface area contributed by atoms with Crippen LogP contribution in [0.2, 0.25) is 0 Å². The number of halogens is 4. The molecular weight excluding hydrogens is 290 g/mol. The summed E-state index contributed by atoms with van der Waals surface area (Å²) in [6, 6.07) is 4.81. The number of hydrogen-bond acceptors (Lipinski definition) is 2. The zero-order valence-corrected chi connectivity index (χ0v) is 10.5. The SMILES string of the molecule is O=C(O)c1ccc(F)c(CNc2ccc(F)c(F)c2F)c1. The summed E-state index contributed by atoms with van der Waals surface area (Å²) < 4.78 is 52.7. The van der Waals surface area contributed by atoms with E-state index in [1.165, 1.54) is 0 Å². The van der Waals surface area contributed by atoms with E-state index in [0.717, 1.165) is 30.3 Å². The number of nitrogens with one attached hydrogen (secondary N) is 1. The maximum Gasteiger partial charge on any atom is 0.335 e. The van der Waals surface area contributed by atoms with Crippen LogP contribution in [0.25, 0.3) is 0 Å². The molecule has 0 radical (unpaired) electrons. The fourth-order valence-electron chi connectivity index (χ4n) is 1.70. The Morgan fingerprint density at radius 2 is 1.67 bits per heavy atom. The van der Waals surface area contributed by atoms with Crippen molar-refractivity contribution in [3.8, 4) is 0 Å². The molecule has 0 heterocycles. The van der Waals surface area contributed by atoms with Gasteiger partial charge in [-0.15, -0.1) is 0 Å². The molecule has 110 valence electrons. The first-order valence-electron chi connectivity index (χ1n) is 5.79. The molecule has 0 aliphatic rings. The van der Waals surface area contributed by atoms with Gasteiger partial charge in [-0.05, 0) is 30.3 Å². The molecule has 2 aromatic rings. The van der Waals surface area contributed by atoms with Crippen LogP contribution in [-0.2, 0) is 6.54 Å². The summed E-state index contributed by atoms with van der Waals surface area (Å²) in [5, 5.41) is 11.2. The van der Waals surface area contributed by atoms with E-state index in [9.17, 15) is 22.4 Å². The van der Waals surface area contributed by atoms with Gasteiger partial charge in [0.1, 0.15) is 5.82 Å². The van der Waals surface area contributed by atoms with Crippen LogP contribution >= 0.6 is 0 Å². The molecule has 21 heavy (non-hydrogen) atoms. The Bertz CT molecular complexity index is 704. The summed E-state index contributed by atoms with van der Waals surface area (Å²) in [4.78, 5) is 10.8. The van der Waals surface area contributed by atoms with Gasteiger partial charge in [-0.1, -0.05) is 0 Å². The van der Waals surface area contributed by atoms with Crippen molar-refractivity contribution in [3.63, 3.8) is 0 Å². The molecule has 0 aromatic heterocycles. The molecule has 0 spiro atoms. The van der Waals surface area contributed by atoms with Gasteiger partial charge in [0.25, 0.3) is 0 Å². The Hall–Kier alpha value is -2.57. The van der Waals surface area contributed by atoms with Gasteiger partial charge >= 0.3 is 5.97 Å². The van der Waals surface area contributed by atoms with Crippen molar-refractivity contribution >= 4 is 11.7 Å². The highest BCUT2D eigenvalue weighted by Gasteiger charge is 2.14. The van der Waals surface area contributed by atoms with E-state index < -0.39 is 29.2 Å². The van der Waals surface area contributed by atoms with Crippen LogP contribution in [0.5, 0.6) is 0 Å². The zero-order valence-electron chi connectivity index (χ0n) is 10.5. The van der Waals surface area contributed by atoms with Crippen molar-refractivity contribution in [2.75, 3.05) is 5.32 Å². The van der Waals surface area contributed by atoms with Gasteiger partial charge in [0.05, 0.1) is 11.3 Å². The predicted octanol–water partition coefficient (Wildman–Crippen LogP) is 3.55. The van der Waals surface area contributed by atoms with E-state index in [0.29, 0.717) is 0 Å². The van der Waals surface area contributed by atoms with Gasteiger partial charge in [-0.3, -0.25) is 0 Å². The maximum absolute atomic E-state index is 13.5. The fraction of sp³-hybridized carbons (Fsp3) is 0.0714. The van der Waals surface area contributed by atoms with Gasteiger partial charge < -0.3 is 10.4 Å². The third-order valence-electron chi connectivity index (χ3n) is 2.80. The smallest absolute Gasteiger partial charge is 0.335 e. The fourth-order valence-corrected chi connectivity index (χ4v) is 1.70. The van der Waals surface area contributed by atoms with Crippen LogP contribution in [0.1, 0.15) is 15.9 Å².